The lowest BCUT2D eigenvalue weighted by Crippen LogP contribution is -1.65. The minimum absolute atomic E-state index is 0.803. The minimum Gasteiger partial charge on any atom is -0.262 e. The molecule has 1 aromatic rings. The van der Waals surface area contributed by atoms with Crippen molar-refractivity contribution < 1.29 is 0 Å². The molecule has 1 aliphatic heterocycles. The van der Waals surface area contributed by atoms with Gasteiger partial charge in [0.05, 0.1) is 6.20 Å². The van der Waals surface area contributed by atoms with Gasteiger partial charge in [-0.2, -0.15) is 9.98 Å². The molecule has 0 aliphatic carbocycles. The van der Waals surface area contributed by atoms with Gasteiger partial charge in [-0.05, 0) is 6.07 Å². The lowest BCUT2D eigenvalue weighted by Gasteiger charge is -1.87. The number of aliphatic imine (C=N–C) groups is 2. The fourth-order valence-corrected chi connectivity index (χ4v) is 0.692. The van der Waals surface area contributed by atoms with E-state index in [4.69, 9.17) is 0 Å². The Labute approximate surface area is 51.8 Å². The van der Waals surface area contributed by atoms with Crippen molar-refractivity contribution in [3.05, 3.63) is 18.5 Å². The van der Waals surface area contributed by atoms with E-state index >= 15 is 0 Å². The van der Waals surface area contributed by atoms with Crippen LogP contribution in [-0.2, 0) is 0 Å². The molecule has 0 spiro atoms. The lowest BCUT2D eigenvalue weighted by molar-refractivity contribution is 1.31. The van der Waals surface area contributed by atoms with Crippen molar-refractivity contribution in [1.82, 2.24) is 4.98 Å². The second-order valence-electron chi connectivity index (χ2n) is 1.69. The summed E-state index contributed by atoms with van der Waals surface area (Å²) >= 11 is 0. The Bertz CT molecular complexity index is 270. The molecule has 0 N–H and O–H groups in total. The summed E-state index contributed by atoms with van der Waals surface area (Å²) in [5.41, 5.74) is 1.66. The Morgan fingerprint density at radius 1 is 1.22 bits per heavy atom. The summed E-state index contributed by atoms with van der Waals surface area (Å²) < 4.78 is 0. The molecular weight excluding hydrogens is 114 g/mol. The Morgan fingerprint density at radius 2 is 2.11 bits per heavy atom. The topological polar surface area (TPSA) is 37.6 Å². The Kier molecular flexibility index (Phi) is 0.737. The molecule has 1 aromatic heterocycles. The average molecular weight is 117 g/mol. The Balaban J connectivity index is 2.72. The highest BCUT2D eigenvalue weighted by Crippen LogP contribution is 2.27. The second-order valence-corrected chi connectivity index (χ2v) is 1.69. The van der Waals surface area contributed by atoms with Crippen LogP contribution in [0.2, 0.25) is 0 Å². The molecule has 2 rings (SSSR count). The zero-order chi connectivity index (χ0) is 6.10. The molecule has 0 bridgehead atoms. The van der Waals surface area contributed by atoms with Crippen LogP contribution >= 0.6 is 0 Å². The van der Waals surface area contributed by atoms with Gasteiger partial charge >= 0.3 is 0 Å². The van der Waals surface area contributed by atoms with E-state index in [9.17, 15) is 0 Å². The first-order valence-corrected chi connectivity index (χ1v) is 2.57. The third-order valence-electron chi connectivity index (χ3n) is 1.12. The van der Waals surface area contributed by atoms with Crippen molar-refractivity contribution in [2.45, 2.75) is 0 Å². The summed E-state index contributed by atoms with van der Waals surface area (Å²) in [5, 5.41) is 0. The van der Waals surface area contributed by atoms with Crippen LogP contribution < -0.4 is 0 Å². The number of pyridine rings is 1. The van der Waals surface area contributed by atoms with Crippen molar-refractivity contribution >= 4 is 17.4 Å². The standard InChI is InChI=1S/C6H3N3/c1-2-7-3-6-5(1)8-4-9-6/h1-3H. The summed E-state index contributed by atoms with van der Waals surface area (Å²) in [4.78, 5) is 11.5. The summed E-state index contributed by atoms with van der Waals surface area (Å²) in [5.74, 6) is 0. The monoisotopic (exact) mass is 117 g/mol. The van der Waals surface area contributed by atoms with Gasteiger partial charge in [0.1, 0.15) is 17.4 Å². The molecule has 1 aliphatic rings. The fraction of sp³-hybridized carbons (Fsp3) is 0. The Morgan fingerprint density at radius 3 is 3.00 bits per heavy atom. The highest BCUT2D eigenvalue weighted by molar-refractivity contribution is 5.73. The van der Waals surface area contributed by atoms with Crippen LogP contribution in [0.25, 0.3) is 0 Å². The molecular formula is C6H3N3. The van der Waals surface area contributed by atoms with E-state index in [0.717, 1.165) is 11.4 Å². The maximum atomic E-state index is 3.86. The zero-order valence-corrected chi connectivity index (χ0v) is 4.57. The van der Waals surface area contributed by atoms with Crippen LogP contribution in [0, 0.1) is 0 Å². The SMILES string of the molecule is C1=Nc2ccncc2N=1. The van der Waals surface area contributed by atoms with Gasteiger partial charge in [-0.1, -0.05) is 0 Å². The van der Waals surface area contributed by atoms with E-state index in [2.05, 4.69) is 21.0 Å². The number of nitrogens with zero attached hydrogens (tertiary/aromatic N) is 3. The molecule has 0 saturated heterocycles. The summed E-state index contributed by atoms with van der Waals surface area (Å²) in [6.07, 6.45) is 3.35. The van der Waals surface area contributed by atoms with Crippen LogP contribution in [0.5, 0.6) is 0 Å². The number of hydrogen-bond acceptors (Lipinski definition) is 3. The van der Waals surface area contributed by atoms with E-state index in [1.807, 2.05) is 0 Å². The average Bonchev–Trinajstić information content (AvgIpc) is 2.33. The first-order valence-electron chi connectivity index (χ1n) is 2.57. The van der Waals surface area contributed by atoms with Gasteiger partial charge in [0.15, 0.2) is 0 Å². The van der Waals surface area contributed by atoms with Crippen LogP contribution in [-0.4, -0.2) is 11.0 Å². The first kappa shape index (κ1) is 4.41. The molecule has 0 amide bonds. The third-order valence-corrected chi connectivity index (χ3v) is 1.12. The zero-order valence-electron chi connectivity index (χ0n) is 4.57. The van der Waals surface area contributed by atoms with Crippen molar-refractivity contribution in [2.24, 2.45) is 9.98 Å². The summed E-state index contributed by atoms with van der Waals surface area (Å²) in [7, 11) is 0. The summed E-state index contributed by atoms with van der Waals surface area (Å²) in [6, 6.07) is 4.30. The maximum Gasteiger partial charge on any atom is 0.119 e. The Hall–Kier alpha value is -1.47. The van der Waals surface area contributed by atoms with Gasteiger partial charge in [0.25, 0.3) is 0 Å². The van der Waals surface area contributed by atoms with Gasteiger partial charge < -0.3 is 0 Å². The minimum atomic E-state index is 0.803. The molecule has 0 unspecified atom stereocenters. The number of hydrogen-bond donors (Lipinski definition) is 0. The smallest absolute Gasteiger partial charge is 0.119 e. The number of rotatable bonds is 0. The predicted octanol–water partition coefficient (Wildman–Crippen LogP) is 1.53. The lowest BCUT2D eigenvalue weighted by atomic mass is 10.4. The van der Waals surface area contributed by atoms with E-state index in [-0.39, 0.29) is 0 Å². The maximum absolute atomic E-state index is 3.86. The number of aromatic nitrogens is 1. The van der Waals surface area contributed by atoms with Gasteiger partial charge in [-0.15, -0.1) is 0 Å². The first-order chi connectivity index (χ1) is 4.47. The van der Waals surface area contributed by atoms with Crippen LogP contribution in [0.3, 0.4) is 0 Å². The second kappa shape index (κ2) is 1.50. The highest BCUT2D eigenvalue weighted by atomic mass is 14.9. The van der Waals surface area contributed by atoms with Crippen LogP contribution in [0.4, 0.5) is 11.4 Å². The molecule has 0 radical (unpaired) electrons. The number of fused-ring (bicyclic) bond motifs is 1. The van der Waals surface area contributed by atoms with Crippen LogP contribution in [0.15, 0.2) is 28.4 Å². The summed E-state index contributed by atoms with van der Waals surface area (Å²) in [6.45, 7) is 0. The van der Waals surface area contributed by atoms with Crippen molar-refractivity contribution in [2.75, 3.05) is 0 Å². The van der Waals surface area contributed by atoms with Gasteiger partial charge in [0, 0.05) is 6.20 Å². The molecule has 9 heavy (non-hydrogen) atoms. The van der Waals surface area contributed by atoms with E-state index in [1.54, 1.807) is 18.5 Å². The highest BCUT2D eigenvalue weighted by Gasteiger charge is 2.00. The van der Waals surface area contributed by atoms with E-state index in [1.165, 1.54) is 0 Å². The molecule has 0 aromatic carbocycles. The molecule has 2 heterocycles. The van der Waals surface area contributed by atoms with Crippen molar-refractivity contribution in [3.8, 4) is 0 Å². The molecule has 0 saturated carbocycles. The largest absolute Gasteiger partial charge is 0.262 e. The van der Waals surface area contributed by atoms with Crippen molar-refractivity contribution in [3.63, 3.8) is 0 Å². The van der Waals surface area contributed by atoms with Crippen LogP contribution in [0.1, 0.15) is 0 Å². The van der Waals surface area contributed by atoms with Gasteiger partial charge in [-0.3, -0.25) is 4.98 Å². The third kappa shape index (κ3) is 0.556. The normalized spacial score (nSPS) is 12.0. The molecule has 3 heteroatoms. The van der Waals surface area contributed by atoms with E-state index in [0.29, 0.717) is 0 Å². The van der Waals surface area contributed by atoms with E-state index < -0.39 is 0 Å². The van der Waals surface area contributed by atoms with Gasteiger partial charge in [-0.25, -0.2) is 0 Å². The quantitative estimate of drug-likeness (QED) is 0.515. The van der Waals surface area contributed by atoms with Crippen molar-refractivity contribution in [1.29, 1.82) is 0 Å². The molecule has 0 fully saturated rings. The molecule has 0 atom stereocenters. The molecule has 42 valence electrons. The fourth-order valence-electron chi connectivity index (χ4n) is 0.692. The predicted molar refractivity (Wildman–Crippen MR) is 33.4 cm³/mol. The van der Waals surface area contributed by atoms with Gasteiger partial charge in [0.2, 0.25) is 0 Å². The molecule has 3 nitrogen and oxygen atoms in total.